The highest BCUT2D eigenvalue weighted by atomic mass is 35.5. The van der Waals surface area contributed by atoms with E-state index in [0.717, 1.165) is 12.1 Å². The lowest BCUT2D eigenvalue weighted by atomic mass is 10.2. The van der Waals surface area contributed by atoms with Gasteiger partial charge in [0.05, 0.1) is 5.02 Å². The molecule has 1 heterocycles. The number of aliphatic hydroxyl groups excluding tert-OH is 1. The molecule has 1 unspecified atom stereocenters. The number of amides is 1. The van der Waals surface area contributed by atoms with Gasteiger partial charge < -0.3 is 15.2 Å². The second kappa shape index (κ2) is 7.64. The van der Waals surface area contributed by atoms with Crippen LogP contribution in [0.2, 0.25) is 5.02 Å². The quantitative estimate of drug-likeness (QED) is 0.858. The van der Waals surface area contributed by atoms with Gasteiger partial charge in [-0.3, -0.25) is 9.69 Å². The van der Waals surface area contributed by atoms with Crippen molar-refractivity contribution in [3.63, 3.8) is 0 Å². The number of nitrogens with zero attached hydrogens (tertiary/aromatic N) is 1. The monoisotopic (exact) mass is 312 g/mol. The zero-order valence-electron chi connectivity index (χ0n) is 12.1. The average molecular weight is 313 g/mol. The van der Waals surface area contributed by atoms with Crippen LogP contribution in [0.3, 0.4) is 0 Å². The number of aliphatic hydroxyl groups is 1. The van der Waals surface area contributed by atoms with Crippen molar-refractivity contribution in [1.29, 1.82) is 0 Å². The van der Waals surface area contributed by atoms with Crippen molar-refractivity contribution in [2.45, 2.75) is 19.4 Å². The third kappa shape index (κ3) is 5.19. The number of carbonyl (C=O) groups excluding carboxylic acids is 1. The normalized spacial score (nSPS) is 18.0. The Bertz CT molecular complexity index is 496. The minimum atomic E-state index is -0.616. The minimum Gasteiger partial charge on any atom is -0.489 e. The van der Waals surface area contributed by atoms with Gasteiger partial charge in [-0.15, -0.1) is 0 Å². The van der Waals surface area contributed by atoms with Crippen LogP contribution in [-0.2, 0) is 4.79 Å². The molecule has 116 valence electrons. The Morgan fingerprint density at radius 2 is 2.29 bits per heavy atom. The first-order valence-corrected chi connectivity index (χ1v) is 7.48. The van der Waals surface area contributed by atoms with Crippen molar-refractivity contribution >= 4 is 17.5 Å². The van der Waals surface area contributed by atoms with Crippen molar-refractivity contribution < 1.29 is 14.6 Å². The molecule has 0 radical (unpaired) electrons. The largest absolute Gasteiger partial charge is 0.489 e. The van der Waals surface area contributed by atoms with Crippen LogP contribution in [0, 0.1) is 6.92 Å². The number of nitrogens with one attached hydrogen (secondary N) is 1. The van der Waals surface area contributed by atoms with Crippen LogP contribution in [0.4, 0.5) is 0 Å². The van der Waals surface area contributed by atoms with Crippen LogP contribution in [0.15, 0.2) is 18.2 Å². The molecule has 1 saturated heterocycles. The van der Waals surface area contributed by atoms with Gasteiger partial charge in [-0.1, -0.05) is 17.7 Å². The van der Waals surface area contributed by atoms with E-state index in [4.69, 9.17) is 16.3 Å². The molecule has 6 heteroatoms. The predicted octanol–water partition coefficient (Wildman–Crippen LogP) is 1.21. The molecule has 1 aromatic rings. The molecule has 0 spiro atoms. The molecule has 1 amide bonds. The van der Waals surface area contributed by atoms with Crippen LogP contribution in [0.5, 0.6) is 5.75 Å². The lowest BCUT2D eigenvalue weighted by molar-refractivity contribution is -0.120. The molecule has 1 aliphatic rings. The first kappa shape index (κ1) is 16.1. The average Bonchev–Trinajstić information content (AvgIpc) is 2.65. The first-order valence-electron chi connectivity index (χ1n) is 7.10. The number of benzene rings is 1. The van der Waals surface area contributed by atoms with E-state index in [9.17, 15) is 9.90 Å². The highest BCUT2D eigenvalue weighted by Crippen LogP contribution is 2.25. The molecule has 1 atom stereocenters. The van der Waals surface area contributed by atoms with E-state index in [1.54, 1.807) is 6.07 Å². The SMILES string of the molecule is Cc1ccc(Cl)c(OCC(O)CN2CCNC(=O)CC2)c1. The van der Waals surface area contributed by atoms with Gasteiger partial charge in [-0.25, -0.2) is 0 Å². The summed E-state index contributed by atoms with van der Waals surface area (Å²) in [5, 5.41) is 13.4. The Hall–Kier alpha value is -1.30. The predicted molar refractivity (Wildman–Crippen MR) is 81.8 cm³/mol. The van der Waals surface area contributed by atoms with Crippen molar-refractivity contribution in [2.75, 3.05) is 32.8 Å². The lowest BCUT2D eigenvalue weighted by Crippen LogP contribution is -2.37. The summed E-state index contributed by atoms with van der Waals surface area (Å²) < 4.78 is 5.58. The number of rotatable bonds is 5. The fraction of sp³-hybridized carbons (Fsp3) is 0.533. The molecule has 0 aromatic heterocycles. The van der Waals surface area contributed by atoms with Gasteiger partial charge in [0.25, 0.3) is 0 Å². The highest BCUT2D eigenvalue weighted by molar-refractivity contribution is 6.32. The van der Waals surface area contributed by atoms with E-state index in [1.165, 1.54) is 0 Å². The maximum atomic E-state index is 11.3. The second-order valence-electron chi connectivity index (χ2n) is 5.30. The fourth-order valence-corrected chi connectivity index (χ4v) is 2.43. The minimum absolute atomic E-state index is 0.0646. The van der Waals surface area contributed by atoms with E-state index >= 15 is 0 Å². The topological polar surface area (TPSA) is 61.8 Å². The molecule has 0 saturated carbocycles. The number of hydrogen-bond acceptors (Lipinski definition) is 4. The van der Waals surface area contributed by atoms with Crippen LogP contribution in [0.1, 0.15) is 12.0 Å². The summed E-state index contributed by atoms with van der Waals surface area (Å²) in [6.45, 7) is 4.65. The Morgan fingerprint density at radius 1 is 1.48 bits per heavy atom. The molecular formula is C15H21ClN2O3. The van der Waals surface area contributed by atoms with Crippen molar-refractivity contribution in [2.24, 2.45) is 0 Å². The molecule has 5 nitrogen and oxygen atoms in total. The molecule has 1 aromatic carbocycles. The first-order chi connectivity index (χ1) is 10.0. The zero-order valence-corrected chi connectivity index (χ0v) is 12.9. The third-order valence-electron chi connectivity index (χ3n) is 3.39. The molecule has 2 rings (SSSR count). The van der Waals surface area contributed by atoms with Gasteiger partial charge >= 0.3 is 0 Å². The van der Waals surface area contributed by atoms with Crippen molar-refractivity contribution in [3.05, 3.63) is 28.8 Å². The number of aryl methyl sites for hydroxylation is 1. The van der Waals surface area contributed by atoms with Crippen molar-refractivity contribution in [3.8, 4) is 5.75 Å². The van der Waals surface area contributed by atoms with Crippen LogP contribution in [-0.4, -0.2) is 54.8 Å². The van der Waals surface area contributed by atoms with Crippen LogP contribution >= 0.6 is 11.6 Å². The summed E-state index contributed by atoms with van der Waals surface area (Å²) >= 11 is 6.05. The summed E-state index contributed by atoms with van der Waals surface area (Å²) in [5.74, 6) is 0.651. The summed E-state index contributed by atoms with van der Waals surface area (Å²) in [6.07, 6.45) is -0.146. The second-order valence-corrected chi connectivity index (χ2v) is 5.71. The number of halogens is 1. The van der Waals surface area contributed by atoms with E-state index in [1.807, 2.05) is 19.1 Å². The third-order valence-corrected chi connectivity index (χ3v) is 3.70. The lowest BCUT2D eigenvalue weighted by Gasteiger charge is -2.22. The van der Waals surface area contributed by atoms with Gasteiger partial charge in [-0.2, -0.15) is 0 Å². The van der Waals surface area contributed by atoms with Gasteiger partial charge in [0.2, 0.25) is 5.91 Å². The summed E-state index contributed by atoms with van der Waals surface area (Å²) in [4.78, 5) is 13.3. The fourth-order valence-electron chi connectivity index (χ4n) is 2.25. The smallest absolute Gasteiger partial charge is 0.221 e. The Kier molecular flexibility index (Phi) is 5.85. The van der Waals surface area contributed by atoms with E-state index in [-0.39, 0.29) is 12.5 Å². The highest BCUT2D eigenvalue weighted by Gasteiger charge is 2.17. The maximum absolute atomic E-state index is 11.3. The van der Waals surface area contributed by atoms with Gasteiger partial charge in [0.1, 0.15) is 18.5 Å². The van der Waals surface area contributed by atoms with Crippen LogP contribution in [0.25, 0.3) is 0 Å². The Morgan fingerprint density at radius 3 is 3.10 bits per heavy atom. The number of carbonyl (C=O) groups is 1. The summed E-state index contributed by atoms with van der Waals surface area (Å²) in [6, 6.07) is 5.54. The molecule has 0 aliphatic carbocycles. The molecule has 21 heavy (non-hydrogen) atoms. The van der Waals surface area contributed by atoms with E-state index in [0.29, 0.717) is 36.8 Å². The van der Waals surface area contributed by atoms with Gasteiger partial charge in [-0.05, 0) is 24.6 Å². The number of β-amino-alcohol motifs (C(OH)–C–C–N with tert-alkyl or cyclic N) is 1. The molecule has 1 aliphatic heterocycles. The molecule has 2 N–H and O–H groups in total. The Labute approximate surface area is 129 Å². The zero-order chi connectivity index (χ0) is 15.2. The van der Waals surface area contributed by atoms with Crippen LogP contribution < -0.4 is 10.1 Å². The van der Waals surface area contributed by atoms with E-state index in [2.05, 4.69) is 10.2 Å². The van der Waals surface area contributed by atoms with Crippen molar-refractivity contribution in [1.82, 2.24) is 10.2 Å². The summed E-state index contributed by atoms with van der Waals surface area (Å²) in [5.41, 5.74) is 1.06. The Balaban J connectivity index is 1.80. The van der Waals surface area contributed by atoms with Gasteiger partial charge in [0.15, 0.2) is 0 Å². The maximum Gasteiger partial charge on any atom is 0.221 e. The molecular weight excluding hydrogens is 292 g/mol. The molecule has 1 fully saturated rings. The molecule has 0 bridgehead atoms. The van der Waals surface area contributed by atoms with E-state index < -0.39 is 6.10 Å². The number of ether oxygens (including phenoxy) is 1. The summed E-state index contributed by atoms with van der Waals surface area (Å²) in [7, 11) is 0. The van der Waals surface area contributed by atoms with Gasteiger partial charge in [0, 0.05) is 32.6 Å². The standard InChI is InChI=1S/C15H21ClN2O3/c1-11-2-3-13(16)14(8-11)21-10-12(19)9-18-6-4-15(20)17-5-7-18/h2-3,8,12,19H,4-7,9-10H2,1H3,(H,17,20). The number of hydrogen-bond donors (Lipinski definition) is 2.